The van der Waals surface area contributed by atoms with Crippen molar-refractivity contribution >= 4 is 85.8 Å². The van der Waals surface area contributed by atoms with Gasteiger partial charge in [-0.1, -0.05) is 153 Å². The summed E-state index contributed by atoms with van der Waals surface area (Å²) in [5.41, 5.74) is 14.8. The van der Waals surface area contributed by atoms with Crippen molar-refractivity contribution in [1.82, 2.24) is 0 Å². The number of hydrogen-bond acceptors (Lipinski definition) is 2. The molecule has 1 nitrogen and oxygen atoms in total. The van der Waals surface area contributed by atoms with Crippen LogP contribution in [-0.2, 0) is 5.41 Å². The van der Waals surface area contributed by atoms with E-state index in [9.17, 15) is 0 Å². The minimum absolute atomic E-state index is 0.174. The third kappa shape index (κ3) is 4.67. The Morgan fingerprint density at radius 2 is 0.949 bits per heavy atom. The van der Waals surface area contributed by atoms with Crippen LogP contribution in [0.2, 0.25) is 0 Å². The Bertz CT molecular complexity index is 3690. The molecule has 0 N–H and O–H groups in total. The van der Waals surface area contributed by atoms with Crippen molar-refractivity contribution in [3.8, 4) is 44.5 Å². The van der Waals surface area contributed by atoms with Gasteiger partial charge in [0.05, 0.1) is 0 Å². The first-order valence-corrected chi connectivity index (χ1v) is 21.3. The Morgan fingerprint density at radius 3 is 1.66 bits per heavy atom. The van der Waals surface area contributed by atoms with Crippen molar-refractivity contribution < 1.29 is 4.42 Å². The van der Waals surface area contributed by atoms with Crippen molar-refractivity contribution in [3.63, 3.8) is 0 Å². The number of thiophene rings is 1. The number of furan rings is 1. The molecule has 0 spiro atoms. The molecular formula is C57H36OS. The van der Waals surface area contributed by atoms with Gasteiger partial charge in [0.1, 0.15) is 11.2 Å². The van der Waals surface area contributed by atoms with Gasteiger partial charge in [0, 0.05) is 41.7 Å². The van der Waals surface area contributed by atoms with Gasteiger partial charge in [-0.05, 0) is 125 Å². The molecule has 0 bridgehead atoms. The molecule has 0 amide bonds. The Kier molecular flexibility index (Phi) is 6.73. The second-order valence-electron chi connectivity index (χ2n) is 16.8. The molecule has 0 radical (unpaired) electrons. The molecule has 13 rings (SSSR count). The first kappa shape index (κ1) is 33.0. The van der Waals surface area contributed by atoms with Crippen molar-refractivity contribution in [2.45, 2.75) is 19.3 Å². The number of para-hydroxylation sites is 1. The zero-order valence-corrected chi connectivity index (χ0v) is 33.5. The largest absolute Gasteiger partial charge is 0.456 e. The highest BCUT2D eigenvalue weighted by Gasteiger charge is 2.36. The summed E-state index contributed by atoms with van der Waals surface area (Å²) in [6.07, 6.45) is 0. The molecule has 0 unspecified atom stereocenters. The fourth-order valence-electron chi connectivity index (χ4n) is 10.4. The summed E-state index contributed by atoms with van der Waals surface area (Å²) in [6, 6.07) is 67.6. The van der Waals surface area contributed by atoms with Crippen molar-refractivity contribution in [2.75, 3.05) is 0 Å². The van der Waals surface area contributed by atoms with Crippen LogP contribution in [0.15, 0.2) is 186 Å². The fraction of sp³-hybridized carbons (Fsp3) is 0.0526. The molecule has 0 saturated carbocycles. The van der Waals surface area contributed by atoms with Crippen molar-refractivity contribution in [1.29, 1.82) is 0 Å². The quantitative estimate of drug-likeness (QED) is 0.163. The van der Waals surface area contributed by atoms with E-state index in [1.165, 1.54) is 119 Å². The van der Waals surface area contributed by atoms with Gasteiger partial charge in [-0.15, -0.1) is 11.3 Å². The zero-order chi connectivity index (χ0) is 39.0. The topological polar surface area (TPSA) is 13.1 Å². The van der Waals surface area contributed by atoms with Crippen LogP contribution in [-0.4, -0.2) is 0 Å². The van der Waals surface area contributed by atoms with Crippen LogP contribution in [0.4, 0.5) is 0 Å². The van der Waals surface area contributed by atoms with E-state index in [0.717, 1.165) is 11.2 Å². The Hall–Kier alpha value is -7.00. The summed E-state index contributed by atoms with van der Waals surface area (Å²) >= 11 is 1.88. The van der Waals surface area contributed by atoms with Crippen LogP contribution in [0.25, 0.3) is 119 Å². The van der Waals surface area contributed by atoms with E-state index < -0.39 is 0 Å². The number of hydrogen-bond donors (Lipinski definition) is 0. The SMILES string of the molecule is CC1(C)c2cc(-c3ccc4sc5c6cc7oc8ccccc8c7cc6ccc5c4c3)ccc2-c2ccc(-c3c4ccccc4c(-c4ccccc4)c4ccccc34)cc21. The van der Waals surface area contributed by atoms with Gasteiger partial charge in [-0.3, -0.25) is 0 Å². The predicted molar refractivity (Wildman–Crippen MR) is 253 cm³/mol. The van der Waals surface area contributed by atoms with E-state index in [0.29, 0.717) is 0 Å². The minimum atomic E-state index is -0.174. The van der Waals surface area contributed by atoms with E-state index >= 15 is 0 Å². The second-order valence-corrected chi connectivity index (χ2v) is 17.8. The van der Waals surface area contributed by atoms with Gasteiger partial charge < -0.3 is 4.42 Å². The Balaban J connectivity index is 0.922. The molecular weight excluding hydrogens is 733 g/mol. The molecule has 1 aliphatic rings. The zero-order valence-electron chi connectivity index (χ0n) is 32.6. The monoisotopic (exact) mass is 768 g/mol. The van der Waals surface area contributed by atoms with E-state index in [1.54, 1.807) is 0 Å². The third-order valence-electron chi connectivity index (χ3n) is 13.2. The average molecular weight is 769 g/mol. The molecule has 1 aliphatic carbocycles. The fourth-order valence-corrected chi connectivity index (χ4v) is 11.6. The summed E-state index contributed by atoms with van der Waals surface area (Å²) in [5.74, 6) is 0. The minimum Gasteiger partial charge on any atom is -0.456 e. The normalized spacial score (nSPS) is 13.4. The molecule has 10 aromatic carbocycles. The molecule has 0 aliphatic heterocycles. The maximum atomic E-state index is 6.32. The van der Waals surface area contributed by atoms with E-state index in [4.69, 9.17) is 4.42 Å². The summed E-state index contributed by atoms with van der Waals surface area (Å²) in [7, 11) is 0. The van der Waals surface area contributed by atoms with Crippen LogP contribution >= 0.6 is 11.3 Å². The van der Waals surface area contributed by atoms with E-state index in [1.807, 2.05) is 17.4 Å². The lowest BCUT2D eigenvalue weighted by Crippen LogP contribution is -2.15. The highest BCUT2D eigenvalue weighted by Crippen LogP contribution is 2.52. The van der Waals surface area contributed by atoms with Gasteiger partial charge in [0.25, 0.3) is 0 Å². The lowest BCUT2D eigenvalue weighted by atomic mass is 9.80. The van der Waals surface area contributed by atoms with Crippen molar-refractivity contribution in [3.05, 3.63) is 193 Å². The van der Waals surface area contributed by atoms with E-state index in [-0.39, 0.29) is 5.41 Å². The molecule has 276 valence electrons. The van der Waals surface area contributed by atoms with Crippen LogP contribution < -0.4 is 0 Å². The average Bonchev–Trinajstić information content (AvgIpc) is 3.91. The molecule has 2 aromatic heterocycles. The second kappa shape index (κ2) is 12.0. The summed E-state index contributed by atoms with van der Waals surface area (Å²) < 4.78 is 8.94. The Morgan fingerprint density at radius 1 is 0.373 bits per heavy atom. The van der Waals surface area contributed by atoms with Gasteiger partial charge in [-0.25, -0.2) is 0 Å². The van der Waals surface area contributed by atoms with Gasteiger partial charge in [0.2, 0.25) is 0 Å². The molecule has 0 fully saturated rings. The smallest absolute Gasteiger partial charge is 0.136 e. The highest BCUT2D eigenvalue weighted by molar-refractivity contribution is 7.26. The van der Waals surface area contributed by atoms with Crippen LogP contribution in [0, 0.1) is 0 Å². The summed E-state index contributed by atoms with van der Waals surface area (Å²) in [4.78, 5) is 0. The van der Waals surface area contributed by atoms with Crippen molar-refractivity contribution in [2.24, 2.45) is 0 Å². The summed E-state index contributed by atoms with van der Waals surface area (Å²) in [5, 5.41) is 12.6. The standard InChI is InChI=1S/C57H36OS/c1-57(2)49-30-35(34-23-27-53-48(28-34)45-26-21-36-29-47-40-14-10-11-19-51(40)58-52(47)32-46(36)56(45)59-53)20-24-38(49)39-25-22-37(31-50(39)57)55-43-17-8-6-15-41(43)54(33-12-4-3-5-13-33)42-16-7-9-18-44(42)55/h3-32H,1-2H3. The highest BCUT2D eigenvalue weighted by atomic mass is 32.1. The molecule has 0 saturated heterocycles. The molecule has 0 atom stereocenters. The third-order valence-corrected chi connectivity index (χ3v) is 14.5. The number of benzene rings is 10. The number of rotatable bonds is 3. The van der Waals surface area contributed by atoms with E-state index in [2.05, 4.69) is 190 Å². The lowest BCUT2D eigenvalue weighted by Gasteiger charge is -2.23. The molecule has 59 heavy (non-hydrogen) atoms. The maximum absolute atomic E-state index is 6.32. The maximum Gasteiger partial charge on any atom is 0.136 e. The molecule has 2 heteroatoms. The molecule has 2 heterocycles. The van der Waals surface area contributed by atoms with Crippen LogP contribution in [0.1, 0.15) is 25.0 Å². The first-order valence-electron chi connectivity index (χ1n) is 20.5. The van der Waals surface area contributed by atoms with Gasteiger partial charge in [-0.2, -0.15) is 0 Å². The molecule has 12 aromatic rings. The number of fused-ring (bicyclic) bond motifs is 13. The van der Waals surface area contributed by atoms with Gasteiger partial charge in [0.15, 0.2) is 0 Å². The Labute approximate surface area is 345 Å². The predicted octanol–water partition coefficient (Wildman–Crippen LogP) is 16.7. The van der Waals surface area contributed by atoms with Crippen LogP contribution in [0.5, 0.6) is 0 Å². The van der Waals surface area contributed by atoms with Gasteiger partial charge >= 0.3 is 0 Å². The summed E-state index contributed by atoms with van der Waals surface area (Å²) in [6.45, 7) is 4.80. The lowest BCUT2D eigenvalue weighted by molar-refractivity contribution is 0.661. The van der Waals surface area contributed by atoms with Crippen LogP contribution in [0.3, 0.4) is 0 Å². The first-order chi connectivity index (χ1) is 29.0.